The van der Waals surface area contributed by atoms with E-state index >= 15 is 0 Å². The number of hydrogen-bond acceptors (Lipinski definition) is 2. The molecule has 1 aromatic rings. The molecule has 1 fully saturated rings. The number of phenolic OH excluding ortho intramolecular Hbond substituents is 1. The zero-order valence-electron chi connectivity index (χ0n) is 9.44. The van der Waals surface area contributed by atoms with E-state index in [2.05, 4.69) is 0 Å². The number of para-hydroxylation sites is 1. The maximum Gasteiger partial charge on any atom is 0.471 e. The van der Waals surface area contributed by atoms with Crippen molar-refractivity contribution in [3.8, 4) is 5.75 Å². The summed E-state index contributed by atoms with van der Waals surface area (Å²) in [5.74, 6) is -1.67. The maximum atomic E-state index is 12.1. The summed E-state index contributed by atoms with van der Waals surface area (Å²) in [6.07, 6.45) is -4.31. The van der Waals surface area contributed by atoms with Gasteiger partial charge in [-0.05, 0) is 24.0 Å². The molecule has 0 unspecified atom stereocenters. The monoisotopic (exact) mass is 259 g/mol. The van der Waals surface area contributed by atoms with Crippen molar-refractivity contribution in [2.24, 2.45) is 5.92 Å². The highest BCUT2D eigenvalue weighted by Gasteiger charge is 2.46. The van der Waals surface area contributed by atoms with Crippen LogP contribution in [0.5, 0.6) is 5.75 Å². The molecule has 6 heteroatoms. The summed E-state index contributed by atoms with van der Waals surface area (Å²) in [7, 11) is 0. The van der Waals surface area contributed by atoms with E-state index in [4.69, 9.17) is 0 Å². The van der Waals surface area contributed by atoms with E-state index in [9.17, 15) is 23.1 Å². The normalized spacial score (nSPS) is 16.5. The van der Waals surface area contributed by atoms with Crippen molar-refractivity contribution in [2.75, 3.05) is 13.1 Å². The van der Waals surface area contributed by atoms with Crippen LogP contribution in [0.3, 0.4) is 0 Å². The van der Waals surface area contributed by atoms with E-state index in [1.165, 1.54) is 6.07 Å². The van der Waals surface area contributed by atoms with E-state index in [0.717, 1.165) is 4.90 Å². The van der Waals surface area contributed by atoms with Gasteiger partial charge in [0.15, 0.2) is 0 Å². The molecule has 0 spiro atoms. The van der Waals surface area contributed by atoms with Crippen molar-refractivity contribution in [1.82, 2.24) is 4.90 Å². The number of rotatable bonds is 2. The molecular weight excluding hydrogens is 247 g/mol. The van der Waals surface area contributed by atoms with Crippen LogP contribution in [0.4, 0.5) is 13.2 Å². The summed E-state index contributed by atoms with van der Waals surface area (Å²) in [5, 5.41) is 9.52. The molecule has 1 amide bonds. The van der Waals surface area contributed by atoms with E-state index < -0.39 is 12.1 Å². The Labute approximate surface area is 102 Å². The highest BCUT2D eigenvalue weighted by Crippen LogP contribution is 2.28. The van der Waals surface area contributed by atoms with Crippen molar-refractivity contribution < 1.29 is 23.1 Å². The molecule has 1 aliphatic heterocycles. The van der Waals surface area contributed by atoms with Gasteiger partial charge in [-0.3, -0.25) is 4.79 Å². The number of phenols is 1. The lowest BCUT2D eigenvalue weighted by Crippen LogP contribution is -2.54. The SMILES string of the molecule is O=C(N1CC(Cc2ccccc2O)C1)C(F)(F)F. The lowest BCUT2D eigenvalue weighted by atomic mass is 9.91. The fourth-order valence-corrected chi connectivity index (χ4v) is 2.04. The number of halogens is 3. The summed E-state index contributed by atoms with van der Waals surface area (Å²) >= 11 is 0. The molecule has 1 saturated heterocycles. The fourth-order valence-electron chi connectivity index (χ4n) is 2.04. The van der Waals surface area contributed by atoms with Crippen LogP contribution >= 0.6 is 0 Å². The van der Waals surface area contributed by atoms with E-state index in [-0.39, 0.29) is 24.8 Å². The Balaban J connectivity index is 1.88. The number of aromatic hydroxyl groups is 1. The summed E-state index contributed by atoms with van der Waals surface area (Å²) in [5.41, 5.74) is 0.696. The second-order valence-corrected chi connectivity index (χ2v) is 4.41. The molecule has 0 atom stereocenters. The smallest absolute Gasteiger partial charge is 0.471 e. The van der Waals surface area contributed by atoms with Crippen LogP contribution in [-0.4, -0.2) is 35.2 Å². The van der Waals surface area contributed by atoms with Crippen molar-refractivity contribution in [3.05, 3.63) is 29.8 Å². The van der Waals surface area contributed by atoms with Crippen LogP contribution in [0.2, 0.25) is 0 Å². The molecule has 1 aromatic carbocycles. The number of carbonyl (C=O) groups is 1. The van der Waals surface area contributed by atoms with Gasteiger partial charge in [-0.15, -0.1) is 0 Å². The number of carbonyl (C=O) groups excluding carboxylic acids is 1. The number of nitrogens with zero attached hydrogens (tertiary/aromatic N) is 1. The van der Waals surface area contributed by atoms with Gasteiger partial charge in [-0.1, -0.05) is 18.2 Å². The Morgan fingerprint density at radius 1 is 1.33 bits per heavy atom. The minimum Gasteiger partial charge on any atom is -0.508 e. The van der Waals surface area contributed by atoms with E-state index in [0.29, 0.717) is 12.0 Å². The summed E-state index contributed by atoms with van der Waals surface area (Å²) in [4.78, 5) is 11.6. The zero-order valence-corrected chi connectivity index (χ0v) is 9.44. The molecule has 2 rings (SSSR count). The Morgan fingerprint density at radius 2 is 1.94 bits per heavy atom. The summed E-state index contributed by atoms with van der Waals surface area (Å²) in [6.45, 7) is 0.180. The largest absolute Gasteiger partial charge is 0.508 e. The van der Waals surface area contributed by atoms with Gasteiger partial charge < -0.3 is 10.0 Å². The van der Waals surface area contributed by atoms with Crippen LogP contribution in [-0.2, 0) is 11.2 Å². The zero-order chi connectivity index (χ0) is 13.3. The minimum absolute atomic E-state index is 0.0235. The molecule has 98 valence electrons. The predicted molar refractivity (Wildman–Crippen MR) is 57.9 cm³/mol. The minimum atomic E-state index is -4.79. The first-order chi connectivity index (χ1) is 8.38. The van der Waals surface area contributed by atoms with Gasteiger partial charge in [0.2, 0.25) is 0 Å². The van der Waals surface area contributed by atoms with E-state index in [1.807, 2.05) is 0 Å². The summed E-state index contributed by atoms with van der Waals surface area (Å²) in [6, 6.07) is 6.70. The lowest BCUT2D eigenvalue weighted by molar-refractivity contribution is -0.191. The summed E-state index contributed by atoms with van der Waals surface area (Å²) < 4.78 is 36.3. The number of hydrogen-bond donors (Lipinski definition) is 1. The van der Waals surface area contributed by atoms with Gasteiger partial charge in [-0.25, -0.2) is 0 Å². The topological polar surface area (TPSA) is 40.5 Å². The van der Waals surface area contributed by atoms with Crippen molar-refractivity contribution in [2.45, 2.75) is 12.6 Å². The quantitative estimate of drug-likeness (QED) is 0.882. The molecule has 18 heavy (non-hydrogen) atoms. The molecular formula is C12H12F3NO2. The van der Waals surface area contributed by atoms with Crippen molar-refractivity contribution >= 4 is 5.91 Å². The molecule has 1 aliphatic rings. The predicted octanol–water partition coefficient (Wildman–Crippen LogP) is 1.96. The Bertz CT molecular complexity index is 453. The highest BCUT2D eigenvalue weighted by atomic mass is 19.4. The molecule has 1 heterocycles. The van der Waals surface area contributed by atoms with Crippen LogP contribution in [0.1, 0.15) is 5.56 Å². The van der Waals surface area contributed by atoms with Crippen molar-refractivity contribution in [3.63, 3.8) is 0 Å². The molecule has 0 saturated carbocycles. The first kappa shape index (κ1) is 12.7. The third kappa shape index (κ3) is 2.57. The van der Waals surface area contributed by atoms with Gasteiger partial charge in [0.05, 0.1) is 0 Å². The Kier molecular flexibility index (Phi) is 3.19. The number of likely N-dealkylation sites (tertiary alicyclic amines) is 1. The molecule has 0 aromatic heterocycles. The van der Waals surface area contributed by atoms with Gasteiger partial charge in [0, 0.05) is 13.1 Å². The standard InChI is InChI=1S/C12H12F3NO2/c13-12(14,15)11(18)16-6-8(7-16)5-9-3-1-2-4-10(9)17/h1-4,8,17H,5-7H2. The van der Waals surface area contributed by atoms with Gasteiger partial charge in [0.25, 0.3) is 0 Å². The highest BCUT2D eigenvalue weighted by molar-refractivity contribution is 5.82. The molecule has 0 radical (unpaired) electrons. The number of alkyl halides is 3. The fraction of sp³-hybridized carbons (Fsp3) is 0.417. The van der Waals surface area contributed by atoms with Crippen LogP contribution in [0.25, 0.3) is 0 Å². The maximum absolute atomic E-state index is 12.1. The Hall–Kier alpha value is -1.72. The van der Waals surface area contributed by atoms with Crippen LogP contribution in [0, 0.1) is 5.92 Å². The first-order valence-electron chi connectivity index (χ1n) is 5.51. The third-order valence-electron chi connectivity index (χ3n) is 2.99. The molecule has 3 nitrogen and oxygen atoms in total. The number of amides is 1. The van der Waals surface area contributed by atoms with Crippen LogP contribution in [0.15, 0.2) is 24.3 Å². The average molecular weight is 259 g/mol. The molecule has 1 N–H and O–H groups in total. The first-order valence-corrected chi connectivity index (χ1v) is 5.51. The molecule has 0 aliphatic carbocycles. The van der Waals surface area contributed by atoms with Crippen LogP contribution < -0.4 is 0 Å². The molecule has 0 bridgehead atoms. The second kappa shape index (κ2) is 4.51. The number of benzene rings is 1. The third-order valence-corrected chi connectivity index (χ3v) is 2.99. The van der Waals surface area contributed by atoms with Gasteiger partial charge in [-0.2, -0.15) is 13.2 Å². The van der Waals surface area contributed by atoms with Crippen molar-refractivity contribution in [1.29, 1.82) is 0 Å². The average Bonchev–Trinajstić information content (AvgIpc) is 2.23. The van der Waals surface area contributed by atoms with E-state index in [1.54, 1.807) is 18.2 Å². The van der Waals surface area contributed by atoms with Gasteiger partial charge in [0.1, 0.15) is 5.75 Å². The van der Waals surface area contributed by atoms with Gasteiger partial charge >= 0.3 is 12.1 Å². The Morgan fingerprint density at radius 3 is 2.50 bits per heavy atom. The second-order valence-electron chi connectivity index (χ2n) is 4.41. The lowest BCUT2D eigenvalue weighted by Gasteiger charge is -2.39.